The average Bonchev–Trinajstić information content (AvgIpc) is 3.07. The molecule has 0 spiro atoms. The van der Waals surface area contributed by atoms with Gasteiger partial charge in [0.15, 0.2) is 11.5 Å². The summed E-state index contributed by atoms with van der Waals surface area (Å²) in [7, 11) is 0. The van der Waals surface area contributed by atoms with Crippen molar-refractivity contribution in [1.29, 1.82) is 0 Å². The summed E-state index contributed by atoms with van der Waals surface area (Å²) in [5.41, 5.74) is 2.77. The van der Waals surface area contributed by atoms with Crippen molar-refractivity contribution in [3.8, 4) is 0 Å². The van der Waals surface area contributed by atoms with E-state index < -0.39 is 0 Å². The van der Waals surface area contributed by atoms with Crippen LogP contribution in [-0.2, 0) is 19.1 Å². The van der Waals surface area contributed by atoms with Gasteiger partial charge in [-0.05, 0) is 38.2 Å². The highest BCUT2D eigenvalue weighted by Crippen LogP contribution is 2.46. The van der Waals surface area contributed by atoms with Gasteiger partial charge in [0, 0.05) is 26.2 Å². The minimum Gasteiger partial charge on any atom is -0.483 e. The van der Waals surface area contributed by atoms with Crippen LogP contribution >= 0.6 is 0 Å². The summed E-state index contributed by atoms with van der Waals surface area (Å²) in [6, 6.07) is 7.89. The zero-order valence-electron chi connectivity index (χ0n) is 18.3. The zero-order valence-corrected chi connectivity index (χ0v) is 18.3. The predicted molar refractivity (Wildman–Crippen MR) is 116 cm³/mol. The van der Waals surface area contributed by atoms with Crippen LogP contribution in [0.25, 0.3) is 0 Å². The number of amides is 1. The van der Waals surface area contributed by atoms with E-state index in [0.29, 0.717) is 17.9 Å². The highest BCUT2D eigenvalue weighted by atomic mass is 16.5. The molecule has 0 radical (unpaired) electrons. The van der Waals surface area contributed by atoms with Crippen LogP contribution in [0, 0.1) is 12.8 Å². The molecule has 4 aliphatic rings. The summed E-state index contributed by atoms with van der Waals surface area (Å²) < 4.78 is 11.7. The van der Waals surface area contributed by atoms with Gasteiger partial charge in [-0.25, -0.2) is 0 Å². The van der Waals surface area contributed by atoms with Gasteiger partial charge in [0.05, 0.1) is 30.7 Å². The molecule has 0 N–H and O–H groups in total. The maximum Gasteiger partial charge on any atom is 0.290 e. The van der Waals surface area contributed by atoms with Crippen LogP contribution < -0.4 is 0 Å². The molecular formula is C25H32N2O4. The number of morpholine rings is 1. The van der Waals surface area contributed by atoms with Crippen LogP contribution in [0.5, 0.6) is 0 Å². The second kappa shape index (κ2) is 8.75. The van der Waals surface area contributed by atoms with E-state index in [1.807, 2.05) is 4.90 Å². The molecular weight excluding hydrogens is 392 g/mol. The Bertz CT molecular complexity index is 872. The molecule has 1 saturated carbocycles. The molecule has 6 heteroatoms. The lowest BCUT2D eigenvalue weighted by molar-refractivity contribution is -0.135. The first kappa shape index (κ1) is 20.7. The van der Waals surface area contributed by atoms with Crippen LogP contribution in [0.2, 0.25) is 0 Å². The molecule has 1 aliphatic carbocycles. The Morgan fingerprint density at radius 2 is 1.74 bits per heavy atom. The number of rotatable bonds is 5. The van der Waals surface area contributed by atoms with Crippen molar-refractivity contribution in [3.05, 3.63) is 46.7 Å². The van der Waals surface area contributed by atoms with E-state index in [0.717, 1.165) is 70.5 Å². The van der Waals surface area contributed by atoms with Crippen molar-refractivity contribution >= 4 is 11.7 Å². The Balaban J connectivity index is 1.41. The molecule has 3 aliphatic heterocycles. The Kier molecular flexibility index (Phi) is 5.85. The maximum atomic E-state index is 13.6. The summed E-state index contributed by atoms with van der Waals surface area (Å²) in [6.07, 6.45) is 4.60. The van der Waals surface area contributed by atoms with E-state index in [2.05, 4.69) is 36.1 Å². The first-order valence-corrected chi connectivity index (χ1v) is 11.8. The summed E-state index contributed by atoms with van der Waals surface area (Å²) >= 11 is 0. The van der Waals surface area contributed by atoms with Gasteiger partial charge in [-0.3, -0.25) is 14.5 Å². The Morgan fingerprint density at radius 3 is 2.52 bits per heavy atom. The smallest absolute Gasteiger partial charge is 0.290 e. The lowest BCUT2D eigenvalue weighted by atomic mass is 9.77. The molecule has 1 amide bonds. The fraction of sp³-hybridized carbons (Fsp3) is 0.600. The van der Waals surface area contributed by atoms with E-state index >= 15 is 0 Å². The van der Waals surface area contributed by atoms with Gasteiger partial charge in [0.1, 0.15) is 6.10 Å². The van der Waals surface area contributed by atoms with Crippen molar-refractivity contribution in [1.82, 2.24) is 9.80 Å². The second-order valence-corrected chi connectivity index (χ2v) is 9.27. The number of nitrogens with zero attached hydrogens (tertiary/aromatic N) is 2. The van der Waals surface area contributed by atoms with Crippen LogP contribution in [0.15, 0.2) is 35.6 Å². The third-order valence-corrected chi connectivity index (χ3v) is 7.23. The normalized spacial score (nSPS) is 29.1. The van der Waals surface area contributed by atoms with Crippen molar-refractivity contribution in [2.45, 2.75) is 51.2 Å². The third kappa shape index (κ3) is 3.92. The summed E-state index contributed by atoms with van der Waals surface area (Å²) in [4.78, 5) is 31.3. The fourth-order valence-corrected chi connectivity index (χ4v) is 5.51. The molecule has 1 aromatic rings. The number of Topliss-reactive ketones (excluding diaryl/α,β-unsaturated/α-hetero) is 1. The number of hydrogen-bond donors (Lipinski definition) is 0. The Morgan fingerprint density at radius 1 is 1.00 bits per heavy atom. The number of benzene rings is 1. The number of ether oxygens (including phenoxy) is 2. The van der Waals surface area contributed by atoms with Gasteiger partial charge in [-0.2, -0.15) is 0 Å². The molecule has 3 heterocycles. The van der Waals surface area contributed by atoms with Crippen molar-refractivity contribution in [3.63, 3.8) is 0 Å². The second-order valence-electron chi connectivity index (χ2n) is 9.27. The minimum absolute atomic E-state index is 0.0958. The summed E-state index contributed by atoms with van der Waals surface area (Å²) in [5, 5.41) is 0. The Hall–Kier alpha value is -2.18. The van der Waals surface area contributed by atoms with Crippen molar-refractivity contribution < 1.29 is 19.1 Å². The maximum absolute atomic E-state index is 13.6. The van der Waals surface area contributed by atoms with Crippen LogP contribution in [0.4, 0.5) is 0 Å². The summed E-state index contributed by atoms with van der Waals surface area (Å²) in [5.74, 6) is 0.257. The largest absolute Gasteiger partial charge is 0.483 e. The molecule has 3 atom stereocenters. The molecule has 1 aromatic carbocycles. The van der Waals surface area contributed by atoms with Gasteiger partial charge in [-0.1, -0.05) is 36.2 Å². The van der Waals surface area contributed by atoms with Gasteiger partial charge >= 0.3 is 0 Å². The van der Waals surface area contributed by atoms with Crippen LogP contribution in [0.1, 0.15) is 49.3 Å². The SMILES string of the molecule is Cc1ccc(C2C3=C(OC4CCCCC4C3=O)C(=O)N2CCCN2CCOCC2)cc1. The van der Waals surface area contributed by atoms with Crippen molar-refractivity contribution in [2.24, 2.45) is 5.92 Å². The highest BCUT2D eigenvalue weighted by molar-refractivity contribution is 6.11. The predicted octanol–water partition coefficient (Wildman–Crippen LogP) is 3.01. The van der Waals surface area contributed by atoms with E-state index in [1.165, 1.54) is 5.56 Å². The minimum atomic E-state index is -0.330. The number of hydrogen-bond acceptors (Lipinski definition) is 5. The zero-order chi connectivity index (χ0) is 21.4. The molecule has 31 heavy (non-hydrogen) atoms. The van der Waals surface area contributed by atoms with Crippen LogP contribution in [-0.4, -0.2) is 67.0 Å². The number of aryl methyl sites for hydroxylation is 1. The molecule has 3 unspecified atom stereocenters. The molecule has 1 saturated heterocycles. The molecule has 5 rings (SSSR count). The molecule has 6 nitrogen and oxygen atoms in total. The average molecular weight is 425 g/mol. The summed E-state index contributed by atoms with van der Waals surface area (Å²) in [6.45, 7) is 7.03. The number of carbonyl (C=O) groups is 2. The highest BCUT2D eigenvalue weighted by Gasteiger charge is 2.51. The van der Waals surface area contributed by atoms with E-state index in [1.54, 1.807) is 0 Å². The molecule has 166 valence electrons. The van der Waals surface area contributed by atoms with Gasteiger partial charge in [0.25, 0.3) is 5.91 Å². The first-order chi connectivity index (χ1) is 15.1. The number of ketones is 1. The fourth-order valence-electron chi connectivity index (χ4n) is 5.51. The lowest BCUT2D eigenvalue weighted by Gasteiger charge is -2.35. The molecule has 0 aromatic heterocycles. The molecule has 0 bridgehead atoms. The monoisotopic (exact) mass is 424 g/mol. The number of carbonyl (C=O) groups excluding carboxylic acids is 2. The van der Waals surface area contributed by atoms with E-state index in [4.69, 9.17) is 9.47 Å². The molecule has 2 fully saturated rings. The number of fused-ring (bicyclic) bond motifs is 1. The first-order valence-electron chi connectivity index (χ1n) is 11.8. The quantitative estimate of drug-likeness (QED) is 0.727. The topological polar surface area (TPSA) is 59.1 Å². The van der Waals surface area contributed by atoms with Gasteiger partial charge in [0.2, 0.25) is 0 Å². The Labute approximate surface area is 184 Å². The standard InChI is InChI=1S/C25H32N2O4/c1-17-7-9-18(10-8-17)22-21-23(28)19-5-2-3-6-20(19)31-24(21)25(29)27(22)12-4-11-26-13-15-30-16-14-26/h7-10,19-20,22H,2-6,11-16H2,1H3. The van der Waals surface area contributed by atoms with Gasteiger partial charge < -0.3 is 14.4 Å². The van der Waals surface area contributed by atoms with Crippen LogP contribution in [0.3, 0.4) is 0 Å². The van der Waals surface area contributed by atoms with E-state index in [9.17, 15) is 9.59 Å². The van der Waals surface area contributed by atoms with Gasteiger partial charge in [-0.15, -0.1) is 0 Å². The van der Waals surface area contributed by atoms with E-state index in [-0.39, 0.29) is 29.8 Å². The lowest BCUT2D eigenvalue weighted by Crippen LogP contribution is -2.39. The van der Waals surface area contributed by atoms with Crippen molar-refractivity contribution in [2.75, 3.05) is 39.4 Å². The third-order valence-electron chi connectivity index (χ3n) is 7.23.